The van der Waals surface area contributed by atoms with Gasteiger partial charge in [0, 0.05) is 34.3 Å². The van der Waals surface area contributed by atoms with Gasteiger partial charge in [-0.1, -0.05) is 72.3 Å². The van der Waals surface area contributed by atoms with Gasteiger partial charge in [0.1, 0.15) is 18.3 Å². The van der Waals surface area contributed by atoms with Crippen LogP contribution in [0.5, 0.6) is 5.75 Å². The van der Waals surface area contributed by atoms with E-state index in [0.717, 1.165) is 42.0 Å². The van der Waals surface area contributed by atoms with Gasteiger partial charge in [0.25, 0.3) is 10.0 Å². The topological polar surface area (TPSA) is 96.0 Å². The van der Waals surface area contributed by atoms with E-state index >= 15 is 0 Å². The van der Waals surface area contributed by atoms with E-state index in [4.69, 9.17) is 27.9 Å². The molecule has 3 aromatic rings. The van der Waals surface area contributed by atoms with Crippen molar-refractivity contribution in [2.45, 2.75) is 69.5 Å². The first-order chi connectivity index (χ1) is 20.5. The van der Waals surface area contributed by atoms with Gasteiger partial charge in [-0.25, -0.2) is 8.42 Å². The number of methoxy groups -OCH3 is 1. The fourth-order valence-corrected chi connectivity index (χ4v) is 7.06. The third-order valence-corrected chi connectivity index (χ3v) is 10.2. The number of benzene rings is 3. The molecular weight excluding hydrogens is 609 g/mol. The van der Waals surface area contributed by atoms with E-state index in [2.05, 4.69) is 5.32 Å². The van der Waals surface area contributed by atoms with E-state index in [0.29, 0.717) is 21.4 Å². The first kappa shape index (κ1) is 32.6. The van der Waals surface area contributed by atoms with Crippen molar-refractivity contribution in [1.29, 1.82) is 0 Å². The van der Waals surface area contributed by atoms with E-state index in [1.54, 1.807) is 61.5 Å². The number of sulfonamides is 1. The molecule has 1 aliphatic rings. The summed E-state index contributed by atoms with van der Waals surface area (Å²) in [7, 11) is -2.73. The van der Waals surface area contributed by atoms with Crippen molar-refractivity contribution in [3.63, 3.8) is 0 Å². The standard InChI is InChI=1S/C32H37Cl2N3O5S/c1-22-15-17-27(18-16-22)43(40,41)37(25-11-7-12-26(19-25)42-3)21-31(38)36(20-28-29(33)13-8-14-30(28)34)23(2)32(39)35-24-9-5-4-6-10-24/h7-8,11-19,23-24H,4-6,9-10,20-21H2,1-3H3,(H,35,39). The van der Waals surface area contributed by atoms with Gasteiger partial charge in [-0.2, -0.15) is 0 Å². The lowest BCUT2D eigenvalue weighted by Crippen LogP contribution is -2.53. The molecule has 11 heteroatoms. The number of nitrogens with zero attached hydrogens (tertiary/aromatic N) is 2. The summed E-state index contributed by atoms with van der Waals surface area (Å²) in [6.45, 7) is 2.82. The molecule has 0 aromatic heterocycles. The van der Waals surface area contributed by atoms with Crippen LogP contribution in [-0.2, 0) is 26.2 Å². The van der Waals surface area contributed by atoms with Crippen LogP contribution in [-0.4, -0.2) is 50.9 Å². The largest absolute Gasteiger partial charge is 0.497 e. The van der Waals surface area contributed by atoms with Crippen LogP contribution in [0.15, 0.2) is 71.6 Å². The molecule has 0 saturated heterocycles. The van der Waals surface area contributed by atoms with Gasteiger partial charge in [0.05, 0.1) is 17.7 Å². The van der Waals surface area contributed by atoms with Gasteiger partial charge in [-0.05, 0) is 63.1 Å². The number of anilines is 1. The summed E-state index contributed by atoms with van der Waals surface area (Å²) in [5.41, 5.74) is 1.60. The lowest BCUT2D eigenvalue weighted by molar-refractivity contribution is -0.139. The van der Waals surface area contributed by atoms with Crippen LogP contribution in [0.1, 0.15) is 50.2 Å². The van der Waals surface area contributed by atoms with Crippen LogP contribution in [0.3, 0.4) is 0 Å². The van der Waals surface area contributed by atoms with E-state index in [9.17, 15) is 18.0 Å². The summed E-state index contributed by atoms with van der Waals surface area (Å²) in [6.07, 6.45) is 4.95. The van der Waals surface area contributed by atoms with Gasteiger partial charge in [-0.3, -0.25) is 13.9 Å². The zero-order valence-electron chi connectivity index (χ0n) is 24.6. The average Bonchev–Trinajstić information content (AvgIpc) is 3.00. The molecule has 1 fully saturated rings. The van der Waals surface area contributed by atoms with Gasteiger partial charge < -0.3 is 15.0 Å². The number of halogens is 2. The van der Waals surface area contributed by atoms with Crippen molar-refractivity contribution < 1.29 is 22.7 Å². The van der Waals surface area contributed by atoms with Gasteiger partial charge in [-0.15, -0.1) is 0 Å². The molecule has 8 nitrogen and oxygen atoms in total. The van der Waals surface area contributed by atoms with Gasteiger partial charge in [0.15, 0.2) is 0 Å². The van der Waals surface area contributed by atoms with Crippen molar-refractivity contribution in [1.82, 2.24) is 10.2 Å². The number of amides is 2. The minimum atomic E-state index is -4.20. The second kappa shape index (κ2) is 14.5. The molecule has 230 valence electrons. The summed E-state index contributed by atoms with van der Waals surface area (Å²) < 4.78 is 34.4. The molecule has 1 aliphatic carbocycles. The van der Waals surface area contributed by atoms with Crippen molar-refractivity contribution >= 4 is 50.7 Å². The third kappa shape index (κ3) is 8.02. The van der Waals surface area contributed by atoms with E-state index in [-0.39, 0.29) is 29.1 Å². The number of hydrogen-bond acceptors (Lipinski definition) is 5. The average molecular weight is 647 g/mol. The first-order valence-electron chi connectivity index (χ1n) is 14.3. The Hall–Kier alpha value is -3.27. The number of hydrogen-bond donors (Lipinski definition) is 1. The second-order valence-corrected chi connectivity index (χ2v) is 13.4. The normalized spacial score (nSPS) is 14.5. The van der Waals surface area contributed by atoms with Crippen LogP contribution >= 0.6 is 23.2 Å². The van der Waals surface area contributed by atoms with Crippen LogP contribution in [0.4, 0.5) is 5.69 Å². The molecule has 0 bridgehead atoms. The molecule has 1 unspecified atom stereocenters. The molecule has 0 radical (unpaired) electrons. The summed E-state index contributed by atoms with van der Waals surface area (Å²) in [6, 6.07) is 17.0. The lowest BCUT2D eigenvalue weighted by Gasteiger charge is -2.33. The molecular formula is C32H37Cl2N3O5S. The zero-order valence-corrected chi connectivity index (χ0v) is 26.9. The maximum atomic E-state index is 14.2. The highest BCUT2D eigenvalue weighted by atomic mass is 35.5. The molecule has 1 saturated carbocycles. The second-order valence-electron chi connectivity index (χ2n) is 10.8. The fourth-order valence-electron chi connectivity index (χ4n) is 5.14. The monoisotopic (exact) mass is 645 g/mol. The summed E-state index contributed by atoms with van der Waals surface area (Å²) in [5, 5.41) is 3.75. The molecule has 2 amide bonds. The highest BCUT2D eigenvalue weighted by Crippen LogP contribution is 2.30. The third-order valence-electron chi connectivity index (χ3n) is 7.74. The van der Waals surface area contributed by atoms with Crippen LogP contribution in [0, 0.1) is 6.92 Å². The minimum Gasteiger partial charge on any atom is -0.497 e. The predicted octanol–water partition coefficient (Wildman–Crippen LogP) is 6.37. The molecule has 1 N–H and O–H groups in total. The summed E-state index contributed by atoms with van der Waals surface area (Å²) in [5.74, 6) is -0.493. The van der Waals surface area contributed by atoms with Crippen molar-refractivity contribution in [2.75, 3.05) is 18.0 Å². The van der Waals surface area contributed by atoms with Crippen LogP contribution in [0.25, 0.3) is 0 Å². The molecule has 0 heterocycles. The van der Waals surface area contributed by atoms with E-state index in [1.807, 2.05) is 6.92 Å². The smallest absolute Gasteiger partial charge is 0.264 e. The molecule has 43 heavy (non-hydrogen) atoms. The Bertz CT molecular complexity index is 1520. The first-order valence-corrected chi connectivity index (χ1v) is 16.5. The van der Waals surface area contributed by atoms with Gasteiger partial charge in [0.2, 0.25) is 11.8 Å². The quantitative estimate of drug-likeness (QED) is 0.261. The number of rotatable bonds is 11. The van der Waals surface area contributed by atoms with Crippen molar-refractivity contribution in [3.05, 3.63) is 87.9 Å². The molecule has 0 spiro atoms. The van der Waals surface area contributed by atoms with Crippen LogP contribution < -0.4 is 14.4 Å². The Morgan fingerprint density at radius 2 is 1.60 bits per heavy atom. The number of carbonyl (C=O) groups is 2. The summed E-state index contributed by atoms with van der Waals surface area (Å²) >= 11 is 13.0. The van der Waals surface area contributed by atoms with Crippen LogP contribution in [0.2, 0.25) is 10.0 Å². The lowest BCUT2D eigenvalue weighted by atomic mass is 9.95. The Kier molecular flexibility index (Phi) is 11.0. The van der Waals surface area contributed by atoms with E-state index in [1.165, 1.54) is 24.1 Å². The highest BCUT2D eigenvalue weighted by Gasteiger charge is 2.34. The minimum absolute atomic E-state index is 0.0255. The highest BCUT2D eigenvalue weighted by molar-refractivity contribution is 7.92. The fraction of sp³-hybridized carbons (Fsp3) is 0.375. The SMILES string of the molecule is COc1cccc(N(CC(=O)N(Cc2c(Cl)cccc2Cl)C(C)C(=O)NC2CCCCC2)S(=O)(=O)c2ccc(C)cc2)c1. The number of ether oxygens (including phenoxy) is 1. The number of carbonyl (C=O) groups excluding carboxylic acids is 2. The Labute approximate surface area is 264 Å². The Morgan fingerprint density at radius 3 is 2.23 bits per heavy atom. The molecule has 0 aliphatic heterocycles. The number of aryl methyl sites for hydroxylation is 1. The predicted molar refractivity (Wildman–Crippen MR) is 170 cm³/mol. The Morgan fingerprint density at radius 1 is 0.977 bits per heavy atom. The maximum Gasteiger partial charge on any atom is 0.264 e. The zero-order chi connectivity index (χ0) is 31.1. The number of nitrogens with one attached hydrogen (secondary N) is 1. The Balaban J connectivity index is 1.72. The molecule has 4 rings (SSSR count). The van der Waals surface area contributed by atoms with Crippen molar-refractivity contribution in [2.24, 2.45) is 0 Å². The maximum absolute atomic E-state index is 14.2. The molecule has 3 aromatic carbocycles. The van der Waals surface area contributed by atoms with Gasteiger partial charge >= 0.3 is 0 Å². The summed E-state index contributed by atoms with van der Waals surface area (Å²) in [4.78, 5) is 29.1. The van der Waals surface area contributed by atoms with Crippen molar-refractivity contribution in [3.8, 4) is 5.75 Å². The van der Waals surface area contributed by atoms with E-state index < -0.39 is 28.5 Å². The molecule has 1 atom stereocenters.